The van der Waals surface area contributed by atoms with Gasteiger partial charge >= 0.3 is 0 Å². The fourth-order valence-corrected chi connectivity index (χ4v) is 4.02. The lowest BCUT2D eigenvalue weighted by molar-refractivity contribution is 0.101. The lowest BCUT2D eigenvalue weighted by Gasteiger charge is -2.05. The Bertz CT molecular complexity index is 778. The number of thiazole rings is 1. The number of phenols is 1. The van der Waals surface area contributed by atoms with Crippen molar-refractivity contribution in [1.29, 1.82) is 0 Å². The quantitative estimate of drug-likeness (QED) is 0.569. The van der Waals surface area contributed by atoms with Gasteiger partial charge in [0.25, 0.3) is 0 Å². The van der Waals surface area contributed by atoms with Gasteiger partial charge in [-0.2, -0.15) is 0 Å². The second kappa shape index (κ2) is 5.87. The number of carbonyl (C=O) groups is 1. The number of hydrogen-bond donors (Lipinski definition) is 1. The van der Waals surface area contributed by atoms with E-state index in [1.165, 1.54) is 6.92 Å². The number of hydrogen-bond acceptors (Lipinski definition) is 5. The zero-order chi connectivity index (χ0) is 14.8. The normalized spacial score (nSPS) is 10.9. The predicted molar refractivity (Wildman–Crippen MR) is 87.3 cm³/mol. The Hall–Kier alpha value is -1.85. The smallest absolute Gasteiger partial charge is 0.159 e. The molecule has 2 aromatic carbocycles. The van der Waals surface area contributed by atoms with E-state index in [1.807, 2.05) is 24.3 Å². The van der Waals surface area contributed by atoms with E-state index in [2.05, 4.69) is 4.98 Å². The molecule has 3 rings (SSSR count). The lowest BCUT2D eigenvalue weighted by Crippen LogP contribution is -1.93. The van der Waals surface area contributed by atoms with Crippen LogP contribution in [0.2, 0.25) is 0 Å². The van der Waals surface area contributed by atoms with E-state index in [9.17, 15) is 9.90 Å². The van der Waals surface area contributed by atoms with Crippen molar-refractivity contribution in [2.75, 3.05) is 0 Å². The van der Waals surface area contributed by atoms with Crippen molar-refractivity contribution in [2.45, 2.75) is 17.0 Å². The molecule has 0 saturated heterocycles. The van der Waals surface area contributed by atoms with Crippen LogP contribution < -0.4 is 0 Å². The van der Waals surface area contributed by atoms with Gasteiger partial charge in [-0.1, -0.05) is 23.9 Å². The number of aromatic hydroxyl groups is 1. The van der Waals surface area contributed by atoms with Crippen molar-refractivity contribution >= 4 is 39.1 Å². The largest absolute Gasteiger partial charge is 0.508 e. The zero-order valence-corrected chi connectivity index (χ0v) is 13.0. The van der Waals surface area contributed by atoms with E-state index < -0.39 is 0 Å². The number of carbonyl (C=O) groups excluding carboxylic acids is 1. The average molecular weight is 315 g/mol. The molecule has 0 unspecified atom stereocenters. The molecule has 0 radical (unpaired) electrons. The standard InChI is InChI=1S/C16H13NO2S2/c1-10(18)11-6-7-14(19)12(8-11)9-20-16-17-13-4-2-3-5-15(13)21-16/h2-8,19H,9H2,1H3. The second-order valence-corrected chi connectivity index (χ2v) is 6.89. The van der Waals surface area contributed by atoms with Gasteiger partial charge in [0, 0.05) is 16.9 Å². The van der Waals surface area contributed by atoms with E-state index in [0.29, 0.717) is 11.3 Å². The Morgan fingerprint density at radius 1 is 1.29 bits per heavy atom. The molecule has 0 aliphatic heterocycles. The van der Waals surface area contributed by atoms with Gasteiger partial charge in [-0.25, -0.2) is 4.98 Å². The minimum Gasteiger partial charge on any atom is -0.508 e. The summed E-state index contributed by atoms with van der Waals surface area (Å²) in [5, 5.41) is 9.89. The summed E-state index contributed by atoms with van der Waals surface area (Å²) in [6.07, 6.45) is 0. The van der Waals surface area contributed by atoms with Gasteiger partial charge in [0.1, 0.15) is 5.75 Å². The third-order valence-corrected chi connectivity index (χ3v) is 5.34. The number of nitrogens with zero attached hydrogens (tertiary/aromatic N) is 1. The molecule has 0 bridgehead atoms. The van der Waals surface area contributed by atoms with Gasteiger partial charge < -0.3 is 5.11 Å². The van der Waals surface area contributed by atoms with E-state index in [1.54, 1.807) is 41.3 Å². The molecule has 3 nitrogen and oxygen atoms in total. The number of ketones is 1. The summed E-state index contributed by atoms with van der Waals surface area (Å²) < 4.78 is 2.12. The molecule has 1 aromatic heterocycles. The van der Waals surface area contributed by atoms with E-state index >= 15 is 0 Å². The Labute approximate surface area is 130 Å². The minimum atomic E-state index is 0.00115. The number of fused-ring (bicyclic) bond motifs is 1. The SMILES string of the molecule is CC(=O)c1ccc(O)c(CSc2nc3ccccc3s2)c1. The summed E-state index contributed by atoms with van der Waals surface area (Å²) in [5.41, 5.74) is 2.37. The highest BCUT2D eigenvalue weighted by Gasteiger charge is 2.09. The molecule has 21 heavy (non-hydrogen) atoms. The van der Waals surface area contributed by atoms with Crippen LogP contribution in [0.25, 0.3) is 10.2 Å². The van der Waals surface area contributed by atoms with Crippen LogP contribution in [-0.2, 0) is 5.75 Å². The van der Waals surface area contributed by atoms with Crippen LogP contribution in [-0.4, -0.2) is 15.9 Å². The maximum absolute atomic E-state index is 11.4. The van der Waals surface area contributed by atoms with Crippen LogP contribution in [0.3, 0.4) is 0 Å². The van der Waals surface area contributed by atoms with Crippen LogP contribution >= 0.6 is 23.1 Å². The maximum Gasteiger partial charge on any atom is 0.159 e. The molecule has 0 spiro atoms. The van der Waals surface area contributed by atoms with Gasteiger partial charge in [-0.05, 0) is 37.3 Å². The first kappa shape index (κ1) is 14.1. The summed E-state index contributed by atoms with van der Waals surface area (Å²) in [6.45, 7) is 1.52. The number of rotatable bonds is 4. The Morgan fingerprint density at radius 2 is 2.10 bits per heavy atom. The van der Waals surface area contributed by atoms with Gasteiger partial charge in [0.05, 0.1) is 10.2 Å². The van der Waals surface area contributed by atoms with Crippen LogP contribution in [0.15, 0.2) is 46.8 Å². The van der Waals surface area contributed by atoms with Gasteiger partial charge in [-0.3, -0.25) is 4.79 Å². The van der Waals surface area contributed by atoms with Crippen LogP contribution in [0.4, 0.5) is 0 Å². The summed E-state index contributed by atoms with van der Waals surface area (Å²) in [6, 6.07) is 13.0. The zero-order valence-electron chi connectivity index (χ0n) is 11.4. The number of Topliss-reactive ketones (excluding diaryl/α,β-unsaturated/α-hetero) is 1. The number of benzene rings is 2. The molecule has 0 saturated carbocycles. The Balaban J connectivity index is 1.80. The summed E-state index contributed by atoms with van der Waals surface area (Å²) in [4.78, 5) is 15.9. The highest BCUT2D eigenvalue weighted by molar-refractivity contribution is 8.00. The van der Waals surface area contributed by atoms with Gasteiger partial charge in [-0.15, -0.1) is 11.3 Å². The van der Waals surface area contributed by atoms with Gasteiger partial charge in [0.2, 0.25) is 0 Å². The molecule has 0 fully saturated rings. The average Bonchev–Trinajstić information content (AvgIpc) is 2.89. The Morgan fingerprint density at radius 3 is 2.86 bits per heavy atom. The fraction of sp³-hybridized carbons (Fsp3) is 0.125. The van der Waals surface area contributed by atoms with Crippen LogP contribution in [0.1, 0.15) is 22.8 Å². The van der Waals surface area contributed by atoms with Crippen molar-refractivity contribution in [1.82, 2.24) is 4.98 Å². The highest BCUT2D eigenvalue weighted by atomic mass is 32.2. The second-order valence-electron chi connectivity index (χ2n) is 4.64. The van der Waals surface area contributed by atoms with E-state index in [0.717, 1.165) is 20.1 Å². The van der Waals surface area contributed by atoms with E-state index in [-0.39, 0.29) is 11.5 Å². The van der Waals surface area contributed by atoms with Crippen molar-refractivity contribution in [3.63, 3.8) is 0 Å². The molecule has 0 atom stereocenters. The third kappa shape index (κ3) is 3.09. The molecule has 1 heterocycles. The van der Waals surface area contributed by atoms with Crippen molar-refractivity contribution in [3.05, 3.63) is 53.6 Å². The van der Waals surface area contributed by atoms with E-state index in [4.69, 9.17) is 0 Å². The molecule has 0 amide bonds. The molecular formula is C16H13NO2S2. The molecule has 0 aliphatic rings. The molecule has 3 aromatic rings. The third-order valence-electron chi connectivity index (χ3n) is 3.11. The molecule has 5 heteroatoms. The molecule has 1 N–H and O–H groups in total. The topological polar surface area (TPSA) is 50.2 Å². The molecule has 0 aliphatic carbocycles. The van der Waals surface area contributed by atoms with Crippen LogP contribution in [0.5, 0.6) is 5.75 Å². The lowest BCUT2D eigenvalue weighted by atomic mass is 10.1. The first-order valence-electron chi connectivity index (χ1n) is 6.44. The number of para-hydroxylation sites is 1. The minimum absolute atomic E-state index is 0.00115. The number of aromatic nitrogens is 1. The number of phenolic OH excluding ortho intramolecular Hbond substituents is 1. The summed E-state index contributed by atoms with van der Waals surface area (Å²) >= 11 is 3.21. The maximum atomic E-state index is 11.4. The van der Waals surface area contributed by atoms with Gasteiger partial charge in [0.15, 0.2) is 10.1 Å². The molecular weight excluding hydrogens is 302 g/mol. The first-order valence-corrected chi connectivity index (χ1v) is 8.25. The monoisotopic (exact) mass is 315 g/mol. The van der Waals surface area contributed by atoms with Crippen molar-refractivity contribution in [3.8, 4) is 5.75 Å². The predicted octanol–water partition coefficient (Wildman–Crippen LogP) is 4.50. The molecule has 106 valence electrons. The highest BCUT2D eigenvalue weighted by Crippen LogP contribution is 2.33. The fourth-order valence-electron chi connectivity index (χ4n) is 1.97. The Kier molecular flexibility index (Phi) is 3.94. The first-order chi connectivity index (χ1) is 10.1. The summed E-state index contributed by atoms with van der Waals surface area (Å²) in [7, 11) is 0. The van der Waals surface area contributed by atoms with Crippen molar-refractivity contribution < 1.29 is 9.90 Å². The van der Waals surface area contributed by atoms with Crippen LogP contribution in [0, 0.1) is 0 Å². The van der Waals surface area contributed by atoms with Crippen molar-refractivity contribution in [2.24, 2.45) is 0 Å². The summed E-state index contributed by atoms with van der Waals surface area (Å²) in [5.74, 6) is 0.808. The number of thioether (sulfide) groups is 1.